The van der Waals surface area contributed by atoms with Crippen molar-refractivity contribution in [3.63, 3.8) is 0 Å². The number of benzene rings is 1. The van der Waals surface area contributed by atoms with E-state index in [9.17, 15) is 18.4 Å². The van der Waals surface area contributed by atoms with Crippen molar-refractivity contribution < 1.29 is 18.4 Å². The van der Waals surface area contributed by atoms with Crippen LogP contribution in [0.3, 0.4) is 0 Å². The van der Waals surface area contributed by atoms with Gasteiger partial charge in [0.2, 0.25) is 11.8 Å². The van der Waals surface area contributed by atoms with Crippen LogP contribution in [0, 0.1) is 11.6 Å². The maximum atomic E-state index is 13.8. The highest BCUT2D eigenvalue weighted by Crippen LogP contribution is 2.21. The van der Waals surface area contributed by atoms with Gasteiger partial charge in [0.15, 0.2) is 0 Å². The van der Waals surface area contributed by atoms with E-state index in [1.807, 2.05) is 6.92 Å². The molecule has 22 heavy (non-hydrogen) atoms. The zero-order chi connectivity index (χ0) is 16.7. The van der Waals surface area contributed by atoms with Gasteiger partial charge in [0.25, 0.3) is 0 Å². The molecule has 0 saturated heterocycles. The molecule has 2 unspecified atom stereocenters. The molecule has 0 heterocycles. The number of hydrogen-bond donors (Lipinski definition) is 3. The minimum absolute atomic E-state index is 0.0772. The zero-order valence-corrected chi connectivity index (χ0v) is 12.9. The summed E-state index contributed by atoms with van der Waals surface area (Å²) in [6.45, 7) is 3.58. The van der Waals surface area contributed by atoms with Gasteiger partial charge in [0, 0.05) is 31.1 Å². The molecule has 0 radical (unpaired) electrons. The van der Waals surface area contributed by atoms with E-state index < -0.39 is 23.6 Å². The molecule has 7 heteroatoms. The van der Waals surface area contributed by atoms with Crippen LogP contribution in [0.1, 0.15) is 31.9 Å². The first kappa shape index (κ1) is 18.0. The fourth-order valence-electron chi connectivity index (χ4n) is 1.89. The molecule has 0 spiro atoms. The third-order valence-electron chi connectivity index (χ3n) is 3.20. The number of hydrogen-bond acceptors (Lipinski definition) is 3. The van der Waals surface area contributed by atoms with Gasteiger partial charge in [-0.2, -0.15) is 0 Å². The maximum absolute atomic E-state index is 13.8. The lowest BCUT2D eigenvalue weighted by atomic mass is 10.0. The average molecular weight is 313 g/mol. The van der Waals surface area contributed by atoms with Crippen LogP contribution in [-0.4, -0.2) is 31.4 Å². The molecule has 0 bridgehead atoms. The molecule has 122 valence electrons. The molecule has 0 aliphatic rings. The van der Waals surface area contributed by atoms with Crippen LogP contribution in [0.15, 0.2) is 18.2 Å². The van der Waals surface area contributed by atoms with Gasteiger partial charge >= 0.3 is 0 Å². The Balaban J connectivity index is 2.80. The van der Waals surface area contributed by atoms with Crippen LogP contribution in [0.4, 0.5) is 8.78 Å². The minimum Gasteiger partial charge on any atom is -0.354 e. The average Bonchev–Trinajstić information content (AvgIpc) is 2.43. The standard InChI is InChI=1S/C15H21F2N3O2/c1-9(18-3)8-19-15(22)7-14(20-10(2)21)12-5-4-11(16)6-13(12)17/h4-6,9,14,18H,7-8H2,1-3H3,(H,19,22)(H,20,21). The molecule has 2 amide bonds. The smallest absolute Gasteiger partial charge is 0.222 e. The van der Waals surface area contributed by atoms with Crippen LogP contribution in [0.25, 0.3) is 0 Å². The first-order valence-corrected chi connectivity index (χ1v) is 6.99. The molecule has 1 rings (SSSR count). The van der Waals surface area contributed by atoms with Crippen molar-refractivity contribution in [3.05, 3.63) is 35.4 Å². The van der Waals surface area contributed by atoms with Gasteiger partial charge < -0.3 is 16.0 Å². The third-order valence-corrected chi connectivity index (χ3v) is 3.20. The zero-order valence-electron chi connectivity index (χ0n) is 12.9. The highest BCUT2D eigenvalue weighted by molar-refractivity contribution is 5.79. The molecule has 0 fully saturated rings. The Kier molecular flexibility index (Phi) is 6.91. The Hall–Kier alpha value is -2.02. The Labute approximate surface area is 128 Å². The first-order valence-electron chi connectivity index (χ1n) is 6.99. The van der Waals surface area contributed by atoms with E-state index in [0.717, 1.165) is 12.1 Å². The van der Waals surface area contributed by atoms with E-state index in [-0.39, 0.29) is 23.9 Å². The van der Waals surface area contributed by atoms with Crippen molar-refractivity contribution in [3.8, 4) is 0 Å². The second kappa shape index (κ2) is 8.43. The number of carbonyl (C=O) groups is 2. The van der Waals surface area contributed by atoms with Gasteiger partial charge in [-0.15, -0.1) is 0 Å². The monoisotopic (exact) mass is 313 g/mol. The predicted molar refractivity (Wildman–Crippen MR) is 79.1 cm³/mol. The summed E-state index contributed by atoms with van der Waals surface area (Å²) in [6, 6.07) is 2.29. The van der Waals surface area contributed by atoms with Crippen LogP contribution in [-0.2, 0) is 9.59 Å². The summed E-state index contributed by atoms with van der Waals surface area (Å²) in [5.74, 6) is -2.24. The van der Waals surface area contributed by atoms with Crippen molar-refractivity contribution in [2.24, 2.45) is 0 Å². The lowest BCUT2D eigenvalue weighted by Crippen LogP contribution is -2.39. The summed E-state index contributed by atoms with van der Waals surface area (Å²) in [5.41, 5.74) is 0.0772. The second-order valence-electron chi connectivity index (χ2n) is 5.12. The number of amides is 2. The van der Waals surface area contributed by atoms with Gasteiger partial charge in [-0.05, 0) is 20.0 Å². The van der Waals surface area contributed by atoms with E-state index in [4.69, 9.17) is 0 Å². The van der Waals surface area contributed by atoms with Gasteiger partial charge in [-0.3, -0.25) is 9.59 Å². The molecule has 0 aliphatic carbocycles. The van der Waals surface area contributed by atoms with E-state index in [1.165, 1.54) is 13.0 Å². The van der Waals surface area contributed by atoms with E-state index in [0.29, 0.717) is 6.54 Å². The maximum Gasteiger partial charge on any atom is 0.222 e. The van der Waals surface area contributed by atoms with Crippen LogP contribution < -0.4 is 16.0 Å². The van der Waals surface area contributed by atoms with E-state index >= 15 is 0 Å². The molecular formula is C15H21F2N3O2. The lowest BCUT2D eigenvalue weighted by molar-refractivity contribution is -0.122. The van der Waals surface area contributed by atoms with Gasteiger partial charge in [-0.25, -0.2) is 8.78 Å². The lowest BCUT2D eigenvalue weighted by Gasteiger charge is -2.19. The molecule has 2 atom stereocenters. The van der Waals surface area contributed by atoms with Crippen LogP contribution >= 0.6 is 0 Å². The number of likely N-dealkylation sites (N-methyl/N-ethyl adjacent to an activating group) is 1. The van der Waals surface area contributed by atoms with Crippen molar-refractivity contribution >= 4 is 11.8 Å². The van der Waals surface area contributed by atoms with Crippen molar-refractivity contribution in [1.29, 1.82) is 0 Å². The first-order chi connectivity index (χ1) is 10.3. The SMILES string of the molecule is CNC(C)CNC(=O)CC(NC(C)=O)c1ccc(F)cc1F. The largest absolute Gasteiger partial charge is 0.354 e. The molecule has 1 aromatic rings. The van der Waals surface area contributed by atoms with Crippen LogP contribution in [0.2, 0.25) is 0 Å². The number of nitrogens with one attached hydrogen (secondary N) is 3. The Morgan fingerprint density at radius 2 is 1.95 bits per heavy atom. The topological polar surface area (TPSA) is 70.2 Å². The number of halogens is 2. The van der Waals surface area contributed by atoms with Gasteiger partial charge in [-0.1, -0.05) is 6.07 Å². The number of carbonyl (C=O) groups excluding carboxylic acids is 2. The molecule has 0 aliphatic heterocycles. The summed E-state index contributed by atoms with van der Waals surface area (Å²) in [7, 11) is 1.77. The van der Waals surface area contributed by atoms with Gasteiger partial charge in [0.05, 0.1) is 12.5 Å². The summed E-state index contributed by atoms with van der Waals surface area (Å²) in [4.78, 5) is 23.2. The summed E-state index contributed by atoms with van der Waals surface area (Å²) in [5, 5.41) is 8.17. The molecule has 0 aromatic heterocycles. The second-order valence-corrected chi connectivity index (χ2v) is 5.12. The highest BCUT2D eigenvalue weighted by atomic mass is 19.1. The Bertz CT molecular complexity index is 538. The Morgan fingerprint density at radius 1 is 1.27 bits per heavy atom. The highest BCUT2D eigenvalue weighted by Gasteiger charge is 2.20. The fraction of sp³-hybridized carbons (Fsp3) is 0.467. The molecule has 5 nitrogen and oxygen atoms in total. The fourth-order valence-corrected chi connectivity index (χ4v) is 1.89. The van der Waals surface area contributed by atoms with Crippen molar-refractivity contribution in [2.75, 3.05) is 13.6 Å². The minimum atomic E-state index is -0.844. The van der Waals surface area contributed by atoms with Crippen molar-refractivity contribution in [1.82, 2.24) is 16.0 Å². The third kappa shape index (κ3) is 5.77. The molecular weight excluding hydrogens is 292 g/mol. The van der Waals surface area contributed by atoms with E-state index in [1.54, 1.807) is 7.05 Å². The quantitative estimate of drug-likeness (QED) is 0.710. The number of rotatable bonds is 7. The molecule has 0 saturated carbocycles. The summed E-state index contributed by atoms with van der Waals surface area (Å²) >= 11 is 0. The summed E-state index contributed by atoms with van der Waals surface area (Å²) in [6.07, 6.45) is -0.126. The van der Waals surface area contributed by atoms with Crippen LogP contribution in [0.5, 0.6) is 0 Å². The normalized spacial score (nSPS) is 13.3. The summed E-state index contributed by atoms with van der Waals surface area (Å²) < 4.78 is 26.8. The molecule has 3 N–H and O–H groups in total. The van der Waals surface area contributed by atoms with Gasteiger partial charge in [0.1, 0.15) is 11.6 Å². The predicted octanol–water partition coefficient (Wildman–Crippen LogP) is 1.26. The van der Waals surface area contributed by atoms with Crippen molar-refractivity contribution in [2.45, 2.75) is 32.4 Å². The Morgan fingerprint density at radius 3 is 2.50 bits per heavy atom. The molecule has 1 aromatic carbocycles. The van der Waals surface area contributed by atoms with E-state index in [2.05, 4.69) is 16.0 Å².